The van der Waals surface area contributed by atoms with E-state index in [0.717, 1.165) is 5.56 Å². The Kier molecular flexibility index (Phi) is 3.00. The number of carbonyl (C=O) groups excluding carboxylic acids is 1. The van der Waals surface area contributed by atoms with Gasteiger partial charge in [-0.15, -0.1) is 0 Å². The van der Waals surface area contributed by atoms with Crippen LogP contribution >= 0.6 is 0 Å². The number of anilines is 1. The van der Waals surface area contributed by atoms with E-state index < -0.39 is 0 Å². The first-order chi connectivity index (χ1) is 8.43. The van der Waals surface area contributed by atoms with Gasteiger partial charge in [-0.25, -0.2) is 0 Å². The minimum absolute atomic E-state index is 0.00352. The standard InChI is InChI=1S/C14H16N2O2/c1-14(2,3)10-4-5-12-11(8-10)16(7-6-15)13(17)9-18-12/h4-5,8H,7,9H2,1-3H3. The molecule has 0 bridgehead atoms. The molecule has 1 aliphatic heterocycles. The number of amides is 1. The molecule has 1 aromatic carbocycles. The molecule has 0 N–H and O–H groups in total. The second kappa shape index (κ2) is 4.34. The van der Waals surface area contributed by atoms with Crippen LogP contribution in [0.5, 0.6) is 5.75 Å². The maximum Gasteiger partial charge on any atom is 0.265 e. The monoisotopic (exact) mass is 244 g/mol. The number of carbonyl (C=O) groups is 1. The average Bonchev–Trinajstić information content (AvgIpc) is 2.31. The maximum absolute atomic E-state index is 11.8. The summed E-state index contributed by atoms with van der Waals surface area (Å²) in [6, 6.07) is 7.82. The van der Waals surface area contributed by atoms with E-state index in [1.807, 2.05) is 24.3 Å². The lowest BCUT2D eigenvalue weighted by molar-refractivity contribution is -0.121. The zero-order valence-corrected chi connectivity index (χ0v) is 10.9. The Hall–Kier alpha value is -2.02. The van der Waals surface area contributed by atoms with E-state index in [2.05, 4.69) is 20.8 Å². The maximum atomic E-state index is 11.8. The molecule has 0 saturated carbocycles. The van der Waals surface area contributed by atoms with E-state index in [1.54, 1.807) is 0 Å². The van der Waals surface area contributed by atoms with E-state index in [4.69, 9.17) is 10.00 Å². The number of hydrogen-bond donors (Lipinski definition) is 0. The normalized spacial score (nSPS) is 14.8. The van der Waals surface area contributed by atoms with E-state index in [1.165, 1.54) is 4.90 Å². The Balaban J connectivity index is 2.49. The third kappa shape index (κ3) is 2.17. The fraction of sp³-hybridized carbons (Fsp3) is 0.429. The Labute approximate surface area is 107 Å². The van der Waals surface area contributed by atoms with Crippen LogP contribution in [0.3, 0.4) is 0 Å². The zero-order valence-electron chi connectivity index (χ0n) is 10.9. The molecule has 0 radical (unpaired) electrons. The molecular weight excluding hydrogens is 228 g/mol. The van der Waals surface area contributed by atoms with Gasteiger partial charge >= 0.3 is 0 Å². The number of hydrogen-bond acceptors (Lipinski definition) is 3. The second-order valence-corrected chi connectivity index (χ2v) is 5.36. The van der Waals surface area contributed by atoms with Gasteiger partial charge in [0.05, 0.1) is 11.8 Å². The number of fused-ring (bicyclic) bond motifs is 1. The quantitative estimate of drug-likeness (QED) is 0.712. The molecule has 0 unspecified atom stereocenters. The third-order valence-electron chi connectivity index (χ3n) is 3.00. The Bertz CT molecular complexity index is 524. The van der Waals surface area contributed by atoms with Crippen molar-refractivity contribution in [1.29, 1.82) is 5.26 Å². The molecule has 18 heavy (non-hydrogen) atoms. The minimum Gasteiger partial charge on any atom is -0.482 e. The van der Waals surface area contributed by atoms with Crippen molar-refractivity contribution in [2.75, 3.05) is 18.1 Å². The van der Waals surface area contributed by atoms with E-state index in [9.17, 15) is 4.79 Å². The lowest BCUT2D eigenvalue weighted by Crippen LogP contribution is -2.39. The van der Waals surface area contributed by atoms with Crippen molar-refractivity contribution in [3.05, 3.63) is 23.8 Å². The number of nitrogens with zero attached hydrogens (tertiary/aromatic N) is 2. The minimum atomic E-state index is -0.171. The number of rotatable bonds is 1. The molecule has 94 valence electrons. The lowest BCUT2D eigenvalue weighted by atomic mass is 9.86. The van der Waals surface area contributed by atoms with Crippen molar-refractivity contribution < 1.29 is 9.53 Å². The van der Waals surface area contributed by atoms with Crippen LogP contribution in [0.25, 0.3) is 0 Å². The number of nitriles is 1. The summed E-state index contributed by atoms with van der Waals surface area (Å²) >= 11 is 0. The van der Waals surface area contributed by atoms with Crippen LogP contribution < -0.4 is 9.64 Å². The predicted molar refractivity (Wildman–Crippen MR) is 68.6 cm³/mol. The summed E-state index contributed by atoms with van der Waals surface area (Å²) < 4.78 is 5.38. The molecule has 0 spiro atoms. The van der Waals surface area contributed by atoms with Crippen LogP contribution in [-0.4, -0.2) is 19.1 Å². The first-order valence-electron chi connectivity index (χ1n) is 5.88. The van der Waals surface area contributed by atoms with Crippen LogP contribution in [0.15, 0.2) is 18.2 Å². The van der Waals surface area contributed by atoms with Crippen LogP contribution in [0.4, 0.5) is 5.69 Å². The average molecular weight is 244 g/mol. The molecule has 0 aromatic heterocycles. The molecule has 1 heterocycles. The summed E-state index contributed by atoms with van der Waals surface area (Å²) in [6.07, 6.45) is 0. The molecular formula is C14H16N2O2. The lowest BCUT2D eigenvalue weighted by Gasteiger charge is -2.29. The fourth-order valence-corrected chi connectivity index (χ4v) is 1.91. The van der Waals surface area contributed by atoms with Crippen molar-refractivity contribution in [1.82, 2.24) is 0 Å². The molecule has 0 aliphatic carbocycles. The largest absolute Gasteiger partial charge is 0.482 e. The molecule has 4 nitrogen and oxygen atoms in total. The van der Waals surface area contributed by atoms with E-state index >= 15 is 0 Å². The van der Waals surface area contributed by atoms with Gasteiger partial charge in [0.2, 0.25) is 0 Å². The zero-order chi connectivity index (χ0) is 13.3. The van der Waals surface area contributed by atoms with Gasteiger partial charge in [0.15, 0.2) is 6.61 Å². The molecule has 0 fully saturated rings. The summed E-state index contributed by atoms with van der Waals surface area (Å²) in [4.78, 5) is 13.2. The SMILES string of the molecule is CC(C)(C)c1ccc2c(c1)N(CC#N)C(=O)CO2. The van der Waals surface area contributed by atoms with Crippen molar-refractivity contribution >= 4 is 11.6 Å². The Morgan fingerprint density at radius 3 is 2.78 bits per heavy atom. The highest BCUT2D eigenvalue weighted by Crippen LogP contribution is 2.36. The van der Waals surface area contributed by atoms with Crippen molar-refractivity contribution in [3.8, 4) is 11.8 Å². The Morgan fingerprint density at radius 2 is 2.17 bits per heavy atom. The summed E-state index contributed by atoms with van der Waals surface area (Å²) in [5.74, 6) is 0.493. The number of benzene rings is 1. The summed E-state index contributed by atoms with van der Waals surface area (Å²) in [5, 5.41) is 8.81. The summed E-state index contributed by atoms with van der Waals surface area (Å²) in [6.45, 7) is 6.38. The van der Waals surface area contributed by atoms with Crippen LogP contribution in [0.2, 0.25) is 0 Å². The Morgan fingerprint density at radius 1 is 1.44 bits per heavy atom. The van der Waals surface area contributed by atoms with Gasteiger partial charge in [0.25, 0.3) is 5.91 Å². The van der Waals surface area contributed by atoms with Gasteiger partial charge in [0, 0.05) is 0 Å². The van der Waals surface area contributed by atoms with Gasteiger partial charge in [-0.3, -0.25) is 9.69 Å². The second-order valence-electron chi connectivity index (χ2n) is 5.36. The smallest absolute Gasteiger partial charge is 0.265 e. The first-order valence-corrected chi connectivity index (χ1v) is 5.88. The van der Waals surface area contributed by atoms with Gasteiger partial charge < -0.3 is 4.74 Å². The van der Waals surface area contributed by atoms with Crippen LogP contribution in [0.1, 0.15) is 26.3 Å². The molecule has 0 saturated heterocycles. The van der Waals surface area contributed by atoms with Crippen LogP contribution in [0, 0.1) is 11.3 Å². The van der Waals surface area contributed by atoms with Gasteiger partial charge in [-0.2, -0.15) is 5.26 Å². The molecule has 2 rings (SSSR count). The predicted octanol–water partition coefficient (Wildman–Crippen LogP) is 2.23. The van der Waals surface area contributed by atoms with Gasteiger partial charge in [0.1, 0.15) is 12.3 Å². The molecule has 1 aliphatic rings. The van der Waals surface area contributed by atoms with E-state index in [-0.39, 0.29) is 24.5 Å². The third-order valence-corrected chi connectivity index (χ3v) is 3.00. The molecule has 1 amide bonds. The number of ether oxygens (including phenoxy) is 1. The van der Waals surface area contributed by atoms with Crippen molar-refractivity contribution in [3.63, 3.8) is 0 Å². The highest BCUT2D eigenvalue weighted by molar-refractivity contribution is 5.98. The van der Waals surface area contributed by atoms with Crippen LogP contribution in [-0.2, 0) is 10.2 Å². The highest BCUT2D eigenvalue weighted by atomic mass is 16.5. The summed E-state index contributed by atoms with van der Waals surface area (Å²) in [7, 11) is 0. The topological polar surface area (TPSA) is 53.3 Å². The summed E-state index contributed by atoms with van der Waals surface area (Å²) in [5.41, 5.74) is 1.80. The molecule has 1 aromatic rings. The highest BCUT2D eigenvalue weighted by Gasteiger charge is 2.27. The fourth-order valence-electron chi connectivity index (χ4n) is 1.91. The van der Waals surface area contributed by atoms with Gasteiger partial charge in [-0.1, -0.05) is 26.8 Å². The van der Waals surface area contributed by atoms with Crippen molar-refractivity contribution in [2.24, 2.45) is 0 Å². The molecule has 0 atom stereocenters. The first kappa shape index (κ1) is 12.4. The van der Waals surface area contributed by atoms with Crippen molar-refractivity contribution in [2.45, 2.75) is 26.2 Å². The van der Waals surface area contributed by atoms with E-state index in [0.29, 0.717) is 11.4 Å². The molecule has 4 heteroatoms. The van der Waals surface area contributed by atoms with Gasteiger partial charge in [-0.05, 0) is 23.1 Å².